The van der Waals surface area contributed by atoms with Crippen molar-refractivity contribution in [1.82, 2.24) is 14.9 Å². The zero-order valence-electron chi connectivity index (χ0n) is 13.6. The van der Waals surface area contributed by atoms with Crippen LogP contribution < -0.4 is 0 Å². The molecule has 0 fully saturated rings. The molecule has 0 saturated heterocycles. The number of nitro groups is 1. The molecule has 0 atom stereocenters. The summed E-state index contributed by atoms with van der Waals surface area (Å²) in [5.41, 5.74) is 1.57. The number of hydrogen-bond donors (Lipinski definition) is 1. The Balaban J connectivity index is 1.92. The van der Waals surface area contributed by atoms with E-state index in [1.54, 1.807) is 18.2 Å². The van der Waals surface area contributed by atoms with Crippen LogP contribution in [-0.2, 0) is 6.42 Å². The zero-order valence-corrected chi connectivity index (χ0v) is 14.4. The molecule has 0 aliphatic carbocycles. The fourth-order valence-corrected chi connectivity index (χ4v) is 2.54. The van der Waals surface area contributed by atoms with Crippen molar-refractivity contribution in [3.8, 4) is 11.3 Å². The molecule has 9 heteroatoms. The summed E-state index contributed by atoms with van der Waals surface area (Å²) in [7, 11) is 0. The van der Waals surface area contributed by atoms with E-state index in [4.69, 9.17) is 16.6 Å². The summed E-state index contributed by atoms with van der Waals surface area (Å²) in [6, 6.07) is 8.16. The number of nitro benzene ring substituents is 1. The van der Waals surface area contributed by atoms with E-state index in [0.29, 0.717) is 34.1 Å². The summed E-state index contributed by atoms with van der Waals surface area (Å²) in [5.74, 6) is 1.75. The number of furan rings is 1. The highest BCUT2D eigenvalue weighted by Gasteiger charge is 2.13. The fraction of sp³-hybridized carbons (Fsp3) is 0.188. The lowest BCUT2D eigenvalue weighted by Crippen LogP contribution is -1.96. The Labute approximate surface area is 148 Å². The molecule has 0 aliphatic heterocycles. The number of H-pyrrole nitrogens is 1. The minimum atomic E-state index is -0.429. The van der Waals surface area contributed by atoms with Crippen molar-refractivity contribution in [2.24, 2.45) is 5.10 Å². The van der Waals surface area contributed by atoms with Crippen LogP contribution in [0.5, 0.6) is 0 Å². The molecule has 3 aromatic rings. The third kappa shape index (κ3) is 3.41. The number of benzene rings is 1. The van der Waals surface area contributed by atoms with E-state index in [1.165, 1.54) is 23.0 Å². The van der Waals surface area contributed by atoms with Crippen molar-refractivity contribution in [2.45, 2.75) is 20.3 Å². The van der Waals surface area contributed by atoms with Crippen molar-refractivity contribution in [3.63, 3.8) is 0 Å². The summed E-state index contributed by atoms with van der Waals surface area (Å²) in [6.45, 7) is 3.82. The van der Waals surface area contributed by atoms with Gasteiger partial charge in [0, 0.05) is 24.1 Å². The van der Waals surface area contributed by atoms with Crippen LogP contribution in [0.4, 0.5) is 5.69 Å². The molecule has 1 N–H and O–H groups in total. The maximum Gasteiger partial charge on any atom is 0.270 e. The quantitative estimate of drug-likeness (QED) is 0.323. The maximum atomic E-state index is 11.0. The highest BCUT2D eigenvalue weighted by atomic mass is 32.1. The van der Waals surface area contributed by atoms with E-state index < -0.39 is 4.92 Å². The number of nitrogens with zero attached hydrogens (tertiary/aromatic N) is 4. The molecule has 0 aliphatic rings. The van der Waals surface area contributed by atoms with Gasteiger partial charge in [-0.15, -0.1) is 0 Å². The minimum Gasteiger partial charge on any atom is -0.455 e. The highest BCUT2D eigenvalue weighted by Crippen LogP contribution is 2.28. The van der Waals surface area contributed by atoms with Crippen LogP contribution in [0.2, 0.25) is 0 Å². The van der Waals surface area contributed by atoms with E-state index >= 15 is 0 Å². The lowest BCUT2D eigenvalue weighted by atomic mass is 10.1. The van der Waals surface area contributed by atoms with Gasteiger partial charge in [-0.1, -0.05) is 13.0 Å². The molecule has 2 aromatic heterocycles. The van der Waals surface area contributed by atoms with Gasteiger partial charge in [-0.25, -0.2) is 0 Å². The summed E-state index contributed by atoms with van der Waals surface area (Å²) >= 11 is 5.13. The Morgan fingerprint density at radius 3 is 2.96 bits per heavy atom. The zero-order chi connectivity index (χ0) is 18.0. The smallest absolute Gasteiger partial charge is 0.270 e. The molecule has 3 rings (SSSR count). The van der Waals surface area contributed by atoms with Gasteiger partial charge < -0.3 is 4.42 Å². The summed E-state index contributed by atoms with van der Waals surface area (Å²) in [6.07, 6.45) is 2.21. The normalized spacial score (nSPS) is 11.3. The van der Waals surface area contributed by atoms with Crippen LogP contribution in [0.3, 0.4) is 0 Å². The SMILES string of the molecule is CCc1n[nH]c(=S)n1/N=C/c1ccc(-c2cc([N+](=O)[O-])ccc2C)o1. The predicted octanol–water partition coefficient (Wildman–Crippen LogP) is 3.86. The van der Waals surface area contributed by atoms with Crippen molar-refractivity contribution in [1.29, 1.82) is 0 Å². The first-order valence-electron chi connectivity index (χ1n) is 7.55. The van der Waals surface area contributed by atoms with Crippen LogP contribution in [-0.4, -0.2) is 26.0 Å². The highest BCUT2D eigenvalue weighted by molar-refractivity contribution is 7.71. The number of hydrogen-bond acceptors (Lipinski definition) is 6. The largest absolute Gasteiger partial charge is 0.455 e. The van der Waals surface area contributed by atoms with Gasteiger partial charge in [0.1, 0.15) is 11.5 Å². The fourth-order valence-electron chi connectivity index (χ4n) is 2.34. The average Bonchev–Trinajstić information content (AvgIpc) is 3.19. The van der Waals surface area contributed by atoms with Gasteiger partial charge in [-0.3, -0.25) is 15.2 Å². The molecule has 0 saturated carbocycles. The third-order valence-corrected chi connectivity index (χ3v) is 3.92. The van der Waals surface area contributed by atoms with Gasteiger partial charge in [0.25, 0.3) is 5.69 Å². The topological polar surface area (TPSA) is 102 Å². The van der Waals surface area contributed by atoms with Crippen molar-refractivity contribution >= 4 is 24.1 Å². The first-order valence-corrected chi connectivity index (χ1v) is 7.96. The number of non-ortho nitro benzene ring substituents is 1. The van der Waals surface area contributed by atoms with Crippen LogP contribution in [0.15, 0.2) is 39.9 Å². The summed E-state index contributed by atoms with van der Waals surface area (Å²) in [5, 5.41) is 22.0. The Morgan fingerprint density at radius 1 is 1.44 bits per heavy atom. The summed E-state index contributed by atoms with van der Waals surface area (Å²) in [4.78, 5) is 10.5. The van der Waals surface area contributed by atoms with Gasteiger partial charge in [-0.05, 0) is 36.8 Å². The molecule has 8 nitrogen and oxygen atoms in total. The average molecular weight is 357 g/mol. The molecule has 0 unspecified atom stereocenters. The van der Waals surface area contributed by atoms with E-state index in [-0.39, 0.29) is 5.69 Å². The summed E-state index contributed by atoms with van der Waals surface area (Å²) < 4.78 is 7.67. The molecular weight excluding hydrogens is 342 g/mol. The van der Waals surface area contributed by atoms with Gasteiger partial charge in [-0.2, -0.15) is 14.9 Å². The van der Waals surface area contributed by atoms with Gasteiger partial charge in [0.15, 0.2) is 5.82 Å². The minimum absolute atomic E-state index is 0.0181. The number of aromatic nitrogens is 3. The number of rotatable bonds is 5. The molecule has 0 bridgehead atoms. The van der Waals surface area contributed by atoms with Crippen LogP contribution in [0.1, 0.15) is 24.1 Å². The van der Waals surface area contributed by atoms with E-state index in [2.05, 4.69) is 15.3 Å². The monoisotopic (exact) mass is 357 g/mol. The van der Waals surface area contributed by atoms with Crippen LogP contribution >= 0.6 is 12.2 Å². The lowest BCUT2D eigenvalue weighted by molar-refractivity contribution is -0.384. The number of aryl methyl sites for hydroxylation is 2. The maximum absolute atomic E-state index is 11.0. The van der Waals surface area contributed by atoms with Crippen LogP contribution in [0, 0.1) is 21.8 Å². The molecule has 1 aromatic carbocycles. The Bertz CT molecular complexity index is 1010. The van der Waals surface area contributed by atoms with E-state index in [0.717, 1.165) is 5.56 Å². The standard InChI is InChI=1S/C16H15N5O3S/c1-3-15-18-19-16(25)20(15)17-9-12-6-7-14(24-12)13-8-11(21(22)23)5-4-10(13)2/h4-9H,3H2,1-2H3,(H,19,25)/b17-9+. The predicted molar refractivity (Wildman–Crippen MR) is 95.3 cm³/mol. The number of nitrogens with one attached hydrogen (secondary N) is 1. The lowest BCUT2D eigenvalue weighted by Gasteiger charge is -2.02. The molecule has 0 radical (unpaired) electrons. The molecule has 25 heavy (non-hydrogen) atoms. The first kappa shape index (κ1) is 16.8. The van der Waals surface area contributed by atoms with Gasteiger partial charge in [0.05, 0.1) is 11.1 Å². The molecule has 0 spiro atoms. The first-order chi connectivity index (χ1) is 12.0. The molecule has 0 amide bonds. The van der Waals surface area contributed by atoms with Crippen molar-refractivity contribution in [3.05, 3.63) is 62.4 Å². The molecular formula is C16H15N5O3S. The van der Waals surface area contributed by atoms with Gasteiger partial charge in [0.2, 0.25) is 4.77 Å². The molecule has 2 heterocycles. The second-order valence-electron chi connectivity index (χ2n) is 5.31. The molecule has 128 valence electrons. The van der Waals surface area contributed by atoms with Crippen molar-refractivity contribution in [2.75, 3.05) is 0 Å². The Kier molecular flexibility index (Phi) is 4.57. The second kappa shape index (κ2) is 6.81. The third-order valence-electron chi connectivity index (χ3n) is 3.66. The Hall–Kier alpha value is -3.07. The van der Waals surface area contributed by atoms with Crippen LogP contribution in [0.25, 0.3) is 11.3 Å². The second-order valence-corrected chi connectivity index (χ2v) is 5.70. The van der Waals surface area contributed by atoms with E-state index in [1.807, 2.05) is 13.8 Å². The van der Waals surface area contributed by atoms with Gasteiger partial charge >= 0.3 is 0 Å². The van der Waals surface area contributed by atoms with Crippen molar-refractivity contribution < 1.29 is 9.34 Å². The Morgan fingerprint density at radius 2 is 2.24 bits per heavy atom. The van der Waals surface area contributed by atoms with E-state index in [9.17, 15) is 10.1 Å². The number of aromatic amines is 1.